The van der Waals surface area contributed by atoms with Crippen molar-refractivity contribution in [2.24, 2.45) is 0 Å². The zero-order chi connectivity index (χ0) is 32.6. The van der Waals surface area contributed by atoms with Crippen LogP contribution in [0.25, 0.3) is 0 Å². The quantitative estimate of drug-likeness (QED) is 0.0464. The molecule has 0 unspecified atom stereocenters. The van der Waals surface area contributed by atoms with Crippen LogP contribution in [-0.4, -0.2) is 49.3 Å². The van der Waals surface area contributed by atoms with Gasteiger partial charge in [-0.15, -0.1) is 0 Å². The SMILES string of the molecule is CCCCCCCCCCCCCCCCCCCCOC(=O)CCCCC(=O)OCC(F)(F)C(F)(F)C(F)(F)C(F)F. The van der Waals surface area contributed by atoms with Crippen molar-refractivity contribution in [3.8, 4) is 0 Å². The number of ether oxygens (including phenoxy) is 2. The summed E-state index contributed by atoms with van der Waals surface area (Å²) in [6.45, 7) is 0.0119. The van der Waals surface area contributed by atoms with Crippen molar-refractivity contribution >= 4 is 11.9 Å². The molecule has 0 heterocycles. The van der Waals surface area contributed by atoms with Gasteiger partial charge in [0, 0.05) is 12.8 Å². The van der Waals surface area contributed by atoms with Gasteiger partial charge in [0.25, 0.3) is 0 Å². The molecule has 0 saturated carbocycles. The number of carbonyl (C=O) groups is 2. The topological polar surface area (TPSA) is 52.6 Å². The van der Waals surface area contributed by atoms with Crippen molar-refractivity contribution in [2.75, 3.05) is 13.2 Å². The number of hydrogen-bond acceptors (Lipinski definition) is 4. The second-order valence-electron chi connectivity index (χ2n) is 11.3. The Morgan fingerprint density at radius 1 is 0.535 bits per heavy atom. The van der Waals surface area contributed by atoms with Crippen molar-refractivity contribution in [3.05, 3.63) is 0 Å². The van der Waals surface area contributed by atoms with E-state index in [1.807, 2.05) is 0 Å². The van der Waals surface area contributed by atoms with Crippen LogP contribution in [0.2, 0.25) is 0 Å². The van der Waals surface area contributed by atoms with Crippen molar-refractivity contribution < 1.29 is 54.2 Å². The molecule has 0 atom stereocenters. The number of hydrogen-bond donors (Lipinski definition) is 0. The Labute approximate surface area is 252 Å². The molecule has 0 amide bonds. The predicted octanol–water partition coefficient (Wildman–Crippen LogP) is 10.8. The van der Waals surface area contributed by atoms with Crippen molar-refractivity contribution in [1.82, 2.24) is 0 Å². The summed E-state index contributed by atoms with van der Waals surface area (Å²) >= 11 is 0. The maximum absolute atomic E-state index is 13.4. The number of esters is 2. The molecule has 0 aliphatic heterocycles. The molecule has 4 nitrogen and oxygen atoms in total. The van der Waals surface area contributed by atoms with Crippen molar-refractivity contribution in [1.29, 1.82) is 0 Å². The Bertz CT molecular complexity index is 720. The fraction of sp³-hybridized carbons (Fsp3) is 0.935. The van der Waals surface area contributed by atoms with E-state index in [2.05, 4.69) is 11.7 Å². The molecular formula is C31H52F8O4. The van der Waals surface area contributed by atoms with Gasteiger partial charge in [-0.25, -0.2) is 8.78 Å². The highest BCUT2D eigenvalue weighted by molar-refractivity contribution is 5.70. The van der Waals surface area contributed by atoms with E-state index in [0.29, 0.717) is 0 Å². The highest BCUT2D eigenvalue weighted by atomic mass is 19.4. The molecule has 0 aromatic carbocycles. The Morgan fingerprint density at radius 3 is 1.26 bits per heavy atom. The van der Waals surface area contributed by atoms with Crippen LogP contribution in [0.4, 0.5) is 35.1 Å². The molecular weight excluding hydrogens is 588 g/mol. The molecule has 43 heavy (non-hydrogen) atoms. The highest BCUT2D eigenvalue weighted by Gasteiger charge is 2.75. The van der Waals surface area contributed by atoms with E-state index in [9.17, 15) is 44.7 Å². The number of carbonyl (C=O) groups excluding carboxylic acids is 2. The van der Waals surface area contributed by atoms with Gasteiger partial charge in [0.1, 0.15) is 0 Å². The van der Waals surface area contributed by atoms with Crippen LogP contribution in [0, 0.1) is 0 Å². The second-order valence-corrected chi connectivity index (χ2v) is 11.3. The molecule has 12 heteroatoms. The standard InChI is InChI=1S/C31H52F8O4/c1-2-3-4-5-6-7-8-9-10-11-12-13-14-15-16-17-18-21-24-42-26(40)22-19-20-23-27(41)43-25-29(34,35)31(38,39)30(36,37)28(32)33/h28H,2-25H2,1H3. The molecule has 0 rings (SSSR count). The van der Waals surface area contributed by atoms with Gasteiger partial charge in [0.2, 0.25) is 0 Å². The van der Waals surface area contributed by atoms with Gasteiger partial charge in [0.15, 0.2) is 6.61 Å². The first-order valence-corrected chi connectivity index (χ1v) is 16.0. The minimum absolute atomic E-state index is 0.0394. The summed E-state index contributed by atoms with van der Waals surface area (Å²) in [7, 11) is 0. The average molecular weight is 641 g/mol. The van der Waals surface area contributed by atoms with E-state index in [0.717, 1.165) is 25.7 Å². The molecule has 0 saturated heterocycles. The third kappa shape index (κ3) is 18.7. The summed E-state index contributed by atoms with van der Waals surface area (Å²) in [4.78, 5) is 23.2. The van der Waals surface area contributed by atoms with Crippen LogP contribution in [0.5, 0.6) is 0 Å². The zero-order valence-electron chi connectivity index (χ0n) is 25.7. The van der Waals surface area contributed by atoms with Crippen LogP contribution in [0.1, 0.15) is 148 Å². The first-order valence-electron chi connectivity index (χ1n) is 16.0. The van der Waals surface area contributed by atoms with Crippen molar-refractivity contribution in [2.45, 2.75) is 172 Å². The third-order valence-electron chi connectivity index (χ3n) is 7.34. The van der Waals surface area contributed by atoms with Gasteiger partial charge in [-0.3, -0.25) is 9.59 Å². The number of halogens is 8. The highest BCUT2D eigenvalue weighted by Crippen LogP contribution is 2.48. The maximum Gasteiger partial charge on any atom is 0.381 e. The van der Waals surface area contributed by atoms with E-state index in [-0.39, 0.29) is 25.9 Å². The third-order valence-corrected chi connectivity index (χ3v) is 7.34. The Kier molecular flexibility index (Phi) is 22.8. The summed E-state index contributed by atoms with van der Waals surface area (Å²) in [5, 5.41) is 0. The molecule has 0 aromatic heterocycles. The van der Waals surface area contributed by atoms with Gasteiger partial charge in [-0.2, -0.15) is 26.3 Å². The second kappa shape index (κ2) is 23.7. The van der Waals surface area contributed by atoms with Gasteiger partial charge < -0.3 is 9.47 Å². The molecule has 256 valence electrons. The first kappa shape index (κ1) is 41.4. The summed E-state index contributed by atoms with van der Waals surface area (Å²) < 4.78 is 112. The van der Waals surface area contributed by atoms with Crippen LogP contribution in [0.15, 0.2) is 0 Å². The molecule has 0 spiro atoms. The lowest BCUT2D eigenvalue weighted by Crippen LogP contribution is -2.59. The maximum atomic E-state index is 13.4. The van der Waals surface area contributed by atoms with Crippen molar-refractivity contribution in [3.63, 3.8) is 0 Å². The van der Waals surface area contributed by atoms with E-state index < -0.39 is 49.2 Å². The smallest absolute Gasteiger partial charge is 0.381 e. The largest absolute Gasteiger partial charge is 0.466 e. The molecule has 0 fully saturated rings. The molecule has 0 aliphatic carbocycles. The monoisotopic (exact) mass is 640 g/mol. The Hall–Kier alpha value is -1.62. The number of unbranched alkanes of at least 4 members (excludes halogenated alkanes) is 18. The molecule has 0 aromatic rings. The fourth-order valence-electron chi connectivity index (χ4n) is 4.52. The lowest BCUT2D eigenvalue weighted by molar-refractivity contribution is -0.344. The first-order chi connectivity index (χ1) is 20.3. The van der Waals surface area contributed by atoms with E-state index in [1.54, 1.807) is 0 Å². The normalized spacial score (nSPS) is 12.6. The molecule has 0 N–H and O–H groups in total. The van der Waals surface area contributed by atoms with Crippen LogP contribution >= 0.6 is 0 Å². The van der Waals surface area contributed by atoms with Gasteiger partial charge >= 0.3 is 36.1 Å². The van der Waals surface area contributed by atoms with Gasteiger partial charge in [-0.05, 0) is 19.3 Å². The van der Waals surface area contributed by atoms with Crippen LogP contribution in [0.3, 0.4) is 0 Å². The fourth-order valence-corrected chi connectivity index (χ4v) is 4.52. The van der Waals surface area contributed by atoms with E-state index in [4.69, 9.17) is 4.74 Å². The van der Waals surface area contributed by atoms with E-state index in [1.165, 1.54) is 89.9 Å². The summed E-state index contributed by atoms with van der Waals surface area (Å²) in [5.74, 6) is -20.4. The van der Waals surface area contributed by atoms with Crippen LogP contribution < -0.4 is 0 Å². The number of alkyl halides is 8. The summed E-state index contributed by atoms with van der Waals surface area (Å²) in [6, 6.07) is 0. The summed E-state index contributed by atoms with van der Waals surface area (Å²) in [6.07, 6.45) is 16.8. The minimum Gasteiger partial charge on any atom is -0.466 e. The van der Waals surface area contributed by atoms with Crippen LogP contribution in [-0.2, 0) is 19.1 Å². The molecule has 0 aliphatic rings. The van der Waals surface area contributed by atoms with Gasteiger partial charge in [0.05, 0.1) is 6.61 Å². The minimum atomic E-state index is -6.43. The molecule has 0 bridgehead atoms. The molecule has 0 radical (unpaired) electrons. The van der Waals surface area contributed by atoms with Gasteiger partial charge in [-0.1, -0.05) is 116 Å². The lowest BCUT2D eigenvalue weighted by Gasteiger charge is -2.31. The number of rotatable bonds is 29. The summed E-state index contributed by atoms with van der Waals surface area (Å²) in [5.41, 5.74) is 0. The lowest BCUT2D eigenvalue weighted by atomic mass is 10.0. The zero-order valence-corrected chi connectivity index (χ0v) is 25.7. The average Bonchev–Trinajstić information content (AvgIpc) is 2.95. The Balaban J connectivity index is 3.63. The Morgan fingerprint density at radius 2 is 0.884 bits per heavy atom. The predicted molar refractivity (Wildman–Crippen MR) is 150 cm³/mol. The van der Waals surface area contributed by atoms with E-state index >= 15 is 0 Å².